The summed E-state index contributed by atoms with van der Waals surface area (Å²) in [6, 6.07) is 6.48. The Balaban J connectivity index is 1.76. The van der Waals surface area contributed by atoms with Crippen molar-refractivity contribution >= 4 is 29.1 Å². The van der Waals surface area contributed by atoms with E-state index in [1.54, 1.807) is 18.3 Å². The normalized spacial score (nSPS) is 14.7. The summed E-state index contributed by atoms with van der Waals surface area (Å²) in [5.41, 5.74) is 0.724. The minimum Gasteiger partial charge on any atom is -0.351 e. The number of benzene rings is 1. The van der Waals surface area contributed by atoms with Gasteiger partial charge in [-0.15, -0.1) is 0 Å². The maximum atomic E-state index is 12.9. The van der Waals surface area contributed by atoms with E-state index in [-0.39, 0.29) is 5.82 Å². The van der Waals surface area contributed by atoms with E-state index in [0.29, 0.717) is 22.8 Å². The molecule has 0 spiro atoms. The van der Waals surface area contributed by atoms with Crippen molar-refractivity contribution in [3.8, 4) is 0 Å². The highest BCUT2D eigenvalue weighted by atomic mass is 35.5. The van der Waals surface area contributed by atoms with Crippen molar-refractivity contribution in [2.75, 3.05) is 10.6 Å². The zero-order valence-corrected chi connectivity index (χ0v) is 11.5. The summed E-state index contributed by atoms with van der Waals surface area (Å²) in [5.74, 6) is 0.787. The number of hydrogen-bond acceptors (Lipinski definition) is 4. The lowest BCUT2D eigenvalue weighted by molar-refractivity contribution is 0.443. The van der Waals surface area contributed by atoms with E-state index in [1.165, 1.54) is 18.6 Å². The Morgan fingerprint density at radius 3 is 2.60 bits per heavy atom. The molecule has 1 fully saturated rings. The van der Waals surface area contributed by atoms with E-state index >= 15 is 0 Å². The van der Waals surface area contributed by atoms with Gasteiger partial charge in [0.15, 0.2) is 5.82 Å². The van der Waals surface area contributed by atoms with Crippen LogP contribution in [0.5, 0.6) is 0 Å². The van der Waals surface area contributed by atoms with Crippen LogP contribution in [0.4, 0.5) is 21.8 Å². The largest absolute Gasteiger partial charge is 0.351 e. The van der Waals surface area contributed by atoms with Crippen molar-refractivity contribution in [2.45, 2.75) is 25.3 Å². The molecule has 1 aliphatic rings. The fourth-order valence-electron chi connectivity index (χ4n) is 1.93. The van der Waals surface area contributed by atoms with Gasteiger partial charge < -0.3 is 10.6 Å². The van der Waals surface area contributed by atoms with Crippen LogP contribution in [0.15, 0.2) is 30.5 Å². The van der Waals surface area contributed by atoms with Gasteiger partial charge >= 0.3 is 0 Å². The van der Waals surface area contributed by atoms with Gasteiger partial charge in [-0.2, -0.15) is 4.98 Å². The molecule has 2 aromatic rings. The molecule has 0 unspecified atom stereocenters. The molecule has 1 saturated carbocycles. The molecule has 1 aromatic carbocycles. The monoisotopic (exact) mass is 292 g/mol. The number of halogens is 2. The molecular weight excluding hydrogens is 279 g/mol. The molecule has 6 heteroatoms. The number of anilines is 3. The smallest absolute Gasteiger partial charge is 0.224 e. The van der Waals surface area contributed by atoms with Gasteiger partial charge in [0, 0.05) is 11.7 Å². The van der Waals surface area contributed by atoms with Gasteiger partial charge in [0.2, 0.25) is 5.95 Å². The number of rotatable bonds is 4. The highest BCUT2D eigenvalue weighted by Crippen LogP contribution is 2.26. The van der Waals surface area contributed by atoms with E-state index in [1.807, 2.05) is 0 Å². The van der Waals surface area contributed by atoms with Gasteiger partial charge in [0.25, 0.3) is 0 Å². The molecule has 4 nitrogen and oxygen atoms in total. The third-order valence-electron chi connectivity index (χ3n) is 3.29. The molecule has 2 N–H and O–H groups in total. The minimum atomic E-state index is -0.281. The van der Waals surface area contributed by atoms with Crippen molar-refractivity contribution in [3.05, 3.63) is 41.3 Å². The topological polar surface area (TPSA) is 49.8 Å². The summed E-state index contributed by atoms with van der Waals surface area (Å²) >= 11 is 6.07. The first-order valence-electron chi connectivity index (χ1n) is 6.52. The molecule has 0 radical (unpaired) electrons. The Morgan fingerprint density at radius 1 is 1.20 bits per heavy atom. The average molecular weight is 293 g/mol. The molecule has 1 aliphatic carbocycles. The maximum absolute atomic E-state index is 12.9. The lowest BCUT2D eigenvalue weighted by Gasteiger charge is -2.26. The highest BCUT2D eigenvalue weighted by Gasteiger charge is 2.18. The molecule has 1 aromatic heterocycles. The highest BCUT2D eigenvalue weighted by molar-refractivity contribution is 6.32. The molecule has 3 rings (SSSR count). The summed E-state index contributed by atoms with van der Waals surface area (Å²) in [4.78, 5) is 8.52. The third-order valence-corrected chi connectivity index (χ3v) is 3.57. The number of hydrogen-bond donors (Lipinski definition) is 2. The predicted octanol–water partition coefficient (Wildman–Crippen LogP) is 3.98. The zero-order chi connectivity index (χ0) is 13.9. The summed E-state index contributed by atoms with van der Waals surface area (Å²) in [6.45, 7) is 0. The molecule has 0 bridgehead atoms. The molecular formula is C14H14ClFN4. The van der Waals surface area contributed by atoms with Crippen molar-refractivity contribution in [3.63, 3.8) is 0 Å². The van der Waals surface area contributed by atoms with Crippen LogP contribution in [0.1, 0.15) is 19.3 Å². The van der Waals surface area contributed by atoms with Crippen molar-refractivity contribution in [1.82, 2.24) is 9.97 Å². The van der Waals surface area contributed by atoms with Crippen LogP contribution in [0.25, 0.3) is 0 Å². The zero-order valence-electron chi connectivity index (χ0n) is 10.7. The second-order valence-electron chi connectivity index (χ2n) is 4.79. The first-order chi connectivity index (χ1) is 9.70. The van der Waals surface area contributed by atoms with Crippen molar-refractivity contribution in [2.24, 2.45) is 0 Å². The van der Waals surface area contributed by atoms with Gasteiger partial charge in [0.05, 0.1) is 6.20 Å². The predicted molar refractivity (Wildman–Crippen MR) is 78.0 cm³/mol. The van der Waals surface area contributed by atoms with Crippen LogP contribution in [0.3, 0.4) is 0 Å². The Bertz CT molecular complexity index is 599. The Kier molecular flexibility index (Phi) is 3.69. The molecule has 20 heavy (non-hydrogen) atoms. The molecule has 0 saturated heterocycles. The SMILES string of the molecule is Fc1ccc(Nc2nc(NC3CCC3)ncc2Cl)cc1. The average Bonchev–Trinajstić information content (AvgIpc) is 2.40. The van der Waals surface area contributed by atoms with E-state index in [0.717, 1.165) is 18.5 Å². The number of nitrogens with zero attached hydrogens (tertiary/aromatic N) is 2. The van der Waals surface area contributed by atoms with Gasteiger partial charge in [-0.05, 0) is 43.5 Å². The number of aromatic nitrogens is 2. The quantitative estimate of drug-likeness (QED) is 0.895. The van der Waals surface area contributed by atoms with E-state index < -0.39 is 0 Å². The Labute approximate surface area is 121 Å². The number of nitrogens with one attached hydrogen (secondary N) is 2. The summed E-state index contributed by atoms with van der Waals surface area (Å²) < 4.78 is 12.9. The fourth-order valence-corrected chi connectivity index (χ4v) is 2.07. The molecule has 0 aliphatic heterocycles. The summed E-state index contributed by atoms with van der Waals surface area (Å²) in [6.07, 6.45) is 5.09. The fraction of sp³-hybridized carbons (Fsp3) is 0.286. The minimum absolute atomic E-state index is 0.281. The van der Waals surface area contributed by atoms with Crippen molar-refractivity contribution < 1.29 is 4.39 Å². The third kappa shape index (κ3) is 2.99. The molecule has 0 amide bonds. The van der Waals surface area contributed by atoms with Crippen LogP contribution in [-0.4, -0.2) is 16.0 Å². The standard InChI is InChI=1S/C14H14ClFN4/c15-12-8-17-14(19-10-2-1-3-10)20-13(12)18-11-6-4-9(16)5-7-11/h4-8,10H,1-3H2,(H2,17,18,19,20). The molecule has 1 heterocycles. The maximum Gasteiger partial charge on any atom is 0.224 e. The van der Waals surface area contributed by atoms with Gasteiger partial charge in [-0.25, -0.2) is 9.37 Å². The van der Waals surface area contributed by atoms with Crippen molar-refractivity contribution in [1.29, 1.82) is 0 Å². The second kappa shape index (κ2) is 5.63. The molecule has 104 valence electrons. The van der Waals surface area contributed by atoms with Gasteiger partial charge in [-0.3, -0.25) is 0 Å². The lowest BCUT2D eigenvalue weighted by Crippen LogP contribution is -2.28. The summed E-state index contributed by atoms with van der Waals surface area (Å²) in [5, 5.41) is 6.74. The molecule has 0 atom stereocenters. The van der Waals surface area contributed by atoms with E-state index in [4.69, 9.17) is 11.6 Å². The van der Waals surface area contributed by atoms with Crippen LogP contribution in [0.2, 0.25) is 5.02 Å². The van der Waals surface area contributed by atoms with Crippen LogP contribution < -0.4 is 10.6 Å². The van der Waals surface area contributed by atoms with E-state index in [9.17, 15) is 4.39 Å². The van der Waals surface area contributed by atoms with Crippen LogP contribution in [0, 0.1) is 5.82 Å². The Hall–Kier alpha value is -1.88. The van der Waals surface area contributed by atoms with Crippen LogP contribution in [-0.2, 0) is 0 Å². The van der Waals surface area contributed by atoms with Crippen LogP contribution >= 0.6 is 11.6 Å². The Morgan fingerprint density at radius 2 is 1.95 bits per heavy atom. The first-order valence-corrected chi connectivity index (χ1v) is 6.90. The van der Waals surface area contributed by atoms with Gasteiger partial charge in [0.1, 0.15) is 10.8 Å². The second-order valence-corrected chi connectivity index (χ2v) is 5.20. The lowest BCUT2D eigenvalue weighted by atomic mass is 9.93. The summed E-state index contributed by atoms with van der Waals surface area (Å²) in [7, 11) is 0. The van der Waals surface area contributed by atoms with E-state index in [2.05, 4.69) is 20.6 Å². The van der Waals surface area contributed by atoms with Gasteiger partial charge in [-0.1, -0.05) is 11.6 Å². The first kappa shape index (κ1) is 13.1.